The molecule has 0 saturated heterocycles. The van der Waals surface area contributed by atoms with Crippen molar-refractivity contribution in [3.05, 3.63) is 35.6 Å². The van der Waals surface area contributed by atoms with Crippen molar-refractivity contribution in [2.75, 3.05) is 0 Å². The van der Waals surface area contributed by atoms with Crippen LogP contribution in [-0.4, -0.2) is 33.7 Å². The molecule has 5 nitrogen and oxygen atoms in total. The number of ether oxygens (including phenoxy) is 1. The Labute approximate surface area is 129 Å². The van der Waals surface area contributed by atoms with Crippen LogP contribution in [0.25, 0.3) is 0 Å². The summed E-state index contributed by atoms with van der Waals surface area (Å²) in [6.07, 6.45) is -0.786. The van der Waals surface area contributed by atoms with Gasteiger partial charge in [0.1, 0.15) is 11.4 Å². The Morgan fingerprint density at radius 2 is 1.82 bits per heavy atom. The van der Waals surface area contributed by atoms with Crippen molar-refractivity contribution in [1.29, 1.82) is 0 Å². The van der Waals surface area contributed by atoms with E-state index in [4.69, 9.17) is 9.84 Å². The van der Waals surface area contributed by atoms with Crippen LogP contribution >= 0.6 is 0 Å². The van der Waals surface area contributed by atoms with Crippen LogP contribution in [0.4, 0.5) is 9.18 Å². The molecular formula is C16H22FNO4. The maximum Gasteiger partial charge on any atom is 0.410 e. The summed E-state index contributed by atoms with van der Waals surface area (Å²) in [5.41, 5.74) is 0.0191. The molecular weight excluding hydrogens is 289 g/mol. The lowest BCUT2D eigenvalue weighted by atomic mass is 10.1. The smallest absolute Gasteiger partial charge is 0.410 e. The number of rotatable bonds is 5. The lowest BCUT2D eigenvalue weighted by Gasteiger charge is -2.31. The zero-order valence-electron chi connectivity index (χ0n) is 13.3. The van der Waals surface area contributed by atoms with E-state index in [9.17, 15) is 14.0 Å². The molecule has 0 spiro atoms. The zero-order chi connectivity index (χ0) is 16.9. The van der Waals surface area contributed by atoms with Gasteiger partial charge < -0.3 is 14.7 Å². The van der Waals surface area contributed by atoms with Crippen molar-refractivity contribution < 1.29 is 23.8 Å². The van der Waals surface area contributed by atoms with Crippen LogP contribution < -0.4 is 0 Å². The molecule has 0 aromatic heterocycles. The quantitative estimate of drug-likeness (QED) is 0.904. The van der Waals surface area contributed by atoms with Crippen LogP contribution in [0, 0.1) is 5.82 Å². The Kier molecular flexibility index (Phi) is 5.91. The number of carboxylic acid groups (broad SMARTS) is 1. The summed E-state index contributed by atoms with van der Waals surface area (Å²) >= 11 is 0. The van der Waals surface area contributed by atoms with Gasteiger partial charge in [-0.25, -0.2) is 9.18 Å². The summed E-state index contributed by atoms with van der Waals surface area (Å²) in [7, 11) is 0. The summed E-state index contributed by atoms with van der Waals surface area (Å²) in [6.45, 7) is 7.01. The van der Waals surface area contributed by atoms with Gasteiger partial charge in [0.15, 0.2) is 0 Å². The van der Waals surface area contributed by atoms with E-state index in [0.717, 1.165) is 0 Å². The predicted octanol–water partition coefficient (Wildman–Crippen LogP) is 3.43. The second-order valence-corrected chi connectivity index (χ2v) is 6.18. The van der Waals surface area contributed by atoms with Gasteiger partial charge in [0.2, 0.25) is 0 Å². The molecule has 1 rings (SSSR count). The van der Waals surface area contributed by atoms with E-state index in [1.807, 2.05) is 0 Å². The number of nitrogens with zero attached hydrogens (tertiary/aromatic N) is 1. The minimum absolute atomic E-state index is 0.156. The fourth-order valence-electron chi connectivity index (χ4n) is 1.87. The second-order valence-electron chi connectivity index (χ2n) is 6.18. The molecule has 0 heterocycles. The van der Waals surface area contributed by atoms with Gasteiger partial charge in [-0.2, -0.15) is 0 Å². The number of halogens is 1. The van der Waals surface area contributed by atoms with Crippen LogP contribution in [-0.2, 0) is 16.1 Å². The number of hydrogen-bond acceptors (Lipinski definition) is 3. The molecule has 1 unspecified atom stereocenters. The first-order valence-corrected chi connectivity index (χ1v) is 7.04. The summed E-state index contributed by atoms with van der Waals surface area (Å²) in [4.78, 5) is 24.5. The van der Waals surface area contributed by atoms with Crippen LogP contribution in [0.15, 0.2) is 24.3 Å². The fraction of sp³-hybridized carbons (Fsp3) is 0.500. The van der Waals surface area contributed by atoms with Gasteiger partial charge in [0.25, 0.3) is 0 Å². The van der Waals surface area contributed by atoms with Gasteiger partial charge in [0.05, 0.1) is 6.42 Å². The lowest BCUT2D eigenvalue weighted by Crippen LogP contribution is -2.42. The molecule has 0 radical (unpaired) electrons. The monoisotopic (exact) mass is 311 g/mol. The standard InChI is InChI=1S/C16H22FNO4/c1-11(9-14(19)20)18(15(21)22-16(2,3)4)10-12-5-7-13(17)8-6-12/h5-8,11H,9-10H2,1-4H3,(H,19,20). The average Bonchev–Trinajstić information content (AvgIpc) is 2.34. The Morgan fingerprint density at radius 1 is 1.27 bits per heavy atom. The number of benzene rings is 1. The first-order valence-electron chi connectivity index (χ1n) is 7.04. The number of hydrogen-bond donors (Lipinski definition) is 1. The van der Waals surface area contributed by atoms with E-state index < -0.39 is 23.7 Å². The third kappa shape index (κ3) is 6.11. The van der Waals surface area contributed by atoms with Crippen molar-refractivity contribution in [2.24, 2.45) is 0 Å². The summed E-state index contributed by atoms with van der Waals surface area (Å²) < 4.78 is 18.3. The normalized spacial score (nSPS) is 12.6. The first-order chi connectivity index (χ1) is 10.1. The van der Waals surface area contributed by atoms with Crippen molar-refractivity contribution >= 4 is 12.1 Å². The van der Waals surface area contributed by atoms with Crippen LogP contribution in [0.3, 0.4) is 0 Å². The first kappa shape index (κ1) is 17.9. The van der Waals surface area contributed by atoms with Crippen molar-refractivity contribution in [1.82, 2.24) is 4.90 Å². The largest absolute Gasteiger partial charge is 0.481 e. The maximum absolute atomic E-state index is 13.0. The third-order valence-corrected chi connectivity index (χ3v) is 2.90. The van der Waals surface area contributed by atoms with Crippen LogP contribution in [0.2, 0.25) is 0 Å². The highest BCUT2D eigenvalue weighted by Crippen LogP contribution is 2.17. The fourth-order valence-corrected chi connectivity index (χ4v) is 1.87. The SMILES string of the molecule is CC(CC(=O)O)N(Cc1ccc(F)cc1)C(=O)OC(C)(C)C. The van der Waals surface area contributed by atoms with Gasteiger partial charge in [-0.3, -0.25) is 4.79 Å². The second kappa shape index (κ2) is 7.24. The molecule has 1 aromatic rings. The average molecular weight is 311 g/mol. The Morgan fingerprint density at radius 3 is 2.27 bits per heavy atom. The number of aliphatic carboxylic acids is 1. The lowest BCUT2D eigenvalue weighted by molar-refractivity contribution is -0.138. The van der Waals surface area contributed by atoms with Gasteiger partial charge in [-0.05, 0) is 45.4 Å². The minimum Gasteiger partial charge on any atom is -0.481 e. The van der Waals surface area contributed by atoms with Crippen LogP contribution in [0.1, 0.15) is 39.7 Å². The van der Waals surface area contributed by atoms with Gasteiger partial charge >= 0.3 is 12.1 Å². The highest BCUT2D eigenvalue weighted by molar-refractivity contribution is 5.71. The van der Waals surface area contributed by atoms with E-state index in [-0.39, 0.29) is 18.8 Å². The molecule has 122 valence electrons. The maximum atomic E-state index is 13.0. The van der Waals surface area contributed by atoms with Gasteiger partial charge in [-0.15, -0.1) is 0 Å². The molecule has 1 aromatic carbocycles. The van der Waals surface area contributed by atoms with E-state index in [2.05, 4.69) is 0 Å². The summed E-state index contributed by atoms with van der Waals surface area (Å²) in [6, 6.07) is 5.16. The van der Waals surface area contributed by atoms with Crippen LogP contribution in [0.5, 0.6) is 0 Å². The molecule has 0 aliphatic carbocycles. The van der Waals surface area contributed by atoms with E-state index >= 15 is 0 Å². The number of carbonyl (C=O) groups is 2. The minimum atomic E-state index is -1.000. The van der Waals surface area contributed by atoms with Gasteiger partial charge in [-0.1, -0.05) is 12.1 Å². The van der Waals surface area contributed by atoms with Crippen molar-refractivity contribution in [3.8, 4) is 0 Å². The topological polar surface area (TPSA) is 66.8 Å². The van der Waals surface area contributed by atoms with Crippen molar-refractivity contribution in [2.45, 2.75) is 52.3 Å². The zero-order valence-corrected chi connectivity index (χ0v) is 13.3. The number of carbonyl (C=O) groups excluding carboxylic acids is 1. The third-order valence-electron chi connectivity index (χ3n) is 2.90. The van der Waals surface area contributed by atoms with Crippen molar-refractivity contribution in [3.63, 3.8) is 0 Å². The molecule has 1 N–H and O–H groups in total. The molecule has 1 atom stereocenters. The molecule has 0 saturated carbocycles. The summed E-state index contributed by atoms with van der Waals surface area (Å²) in [5, 5.41) is 8.92. The molecule has 22 heavy (non-hydrogen) atoms. The van der Waals surface area contributed by atoms with E-state index in [1.165, 1.54) is 17.0 Å². The summed E-state index contributed by atoms with van der Waals surface area (Å²) in [5.74, 6) is -1.37. The van der Waals surface area contributed by atoms with E-state index in [0.29, 0.717) is 5.56 Å². The Hall–Kier alpha value is -2.11. The Balaban J connectivity index is 2.92. The Bertz CT molecular complexity index is 522. The highest BCUT2D eigenvalue weighted by Gasteiger charge is 2.27. The molecule has 1 amide bonds. The van der Waals surface area contributed by atoms with E-state index in [1.54, 1.807) is 39.8 Å². The number of amides is 1. The van der Waals surface area contributed by atoms with Gasteiger partial charge in [0, 0.05) is 12.6 Å². The molecule has 0 aliphatic heterocycles. The number of carboxylic acids is 1. The molecule has 6 heteroatoms. The highest BCUT2D eigenvalue weighted by atomic mass is 19.1. The molecule has 0 bridgehead atoms. The predicted molar refractivity (Wildman–Crippen MR) is 79.9 cm³/mol. The molecule has 0 aliphatic rings. The molecule has 0 fully saturated rings.